The van der Waals surface area contributed by atoms with Gasteiger partial charge in [-0.15, -0.1) is 0 Å². The van der Waals surface area contributed by atoms with E-state index < -0.39 is 5.91 Å². The van der Waals surface area contributed by atoms with Crippen LogP contribution in [0.1, 0.15) is 29.8 Å². The molecule has 0 saturated heterocycles. The van der Waals surface area contributed by atoms with Crippen molar-refractivity contribution in [3.05, 3.63) is 34.3 Å². The normalized spacial score (nSPS) is 10.9. The Labute approximate surface area is 119 Å². The molecule has 4 nitrogen and oxygen atoms in total. The molecule has 0 radical (unpaired) electrons. The molecule has 0 aliphatic heterocycles. The average Bonchev–Trinajstić information content (AvgIpc) is 2.34. The lowest BCUT2D eigenvalue weighted by atomic mass is 10.1. The van der Waals surface area contributed by atoms with Gasteiger partial charge in [0, 0.05) is 30.3 Å². The fourth-order valence-electron chi connectivity index (χ4n) is 1.53. The van der Waals surface area contributed by atoms with Crippen LogP contribution < -0.4 is 11.1 Å². The predicted octanol–water partition coefficient (Wildman–Crippen LogP) is 2.20. The topological polar surface area (TPSA) is 64.3 Å². The summed E-state index contributed by atoms with van der Waals surface area (Å²) in [5, 5.41) is 3.79. The summed E-state index contributed by atoms with van der Waals surface area (Å²) in [6.07, 6.45) is 0. The molecule has 106 valence electrons. The SMILES string of the molecule is CC(C)COCCNCc1ccc(C(N)=O)cc1Cl. The van der Waals surface area contributed by atoms with Gasteiger partial charge < -0.3 is 15.8 Å². The monoisotopic (exact) mass is 284 g/mol. The smallest absolute Gasteiger partial charge is 0.248 e. The molecule has 1 rings (SSSR count). The number of ether oxygens (including phenoxy) is 1. The van der Waals surface area contributed by atoms with Crippen LogP contribution >= 0.6 is 11.6 Å². The van der Waals surface area contributed by atoms with Gasteiger partial charge in [-0.25, -0.2) is 0 Å². The summed E-state index contributed by atoms with van der Waals surface area (Å²) in [7, 11) is 0. The Balaban J connectivity index is 2.32. The van der Waals surface area contributed by atoms with Crippen molar-refractivity contribution in [3.63, 3.8) is 0 Å². The molecule has 0 fully saturated rings. The zero-order chi connectivity index (χ0) is 14.3. The number of rotatable bonds is 8. The maximum atomic E-state index is 11.0. The van der Waals surface area contributed by atoms with Crippen molar-refractivity contribution >= 4 is 17.5 Å². The summed E-state index contributed by atoms with van der Waals surface area (Å²) < 4.78 is 5.46. The first-order valence-electron chi connectivity index (χ1n) is 6.37. The quantitative estimate of drug-likeness (QED) is 0.719. The number of nitrogens with one attached hydrogen (secondary N) is 1. The second kappa shape index (κ2) is 8.15. The lowest BCUT2D eigenvalue weighted by Gasteiger charge is -2.09. The van der Waals surface area contributed by atoms with Gasteiger partial charge in [0.2, 0.25) is 5.91 Å². The Hall–Kier alpha value is -1.10. The van der Waals surface area contributed by atoms with Gasteiger partial charge in [0.15, 0.2) is 0 Å². The van der Waals surface area contributed by atoms with E-state index in [-0.39, 0.29) is 0 Å². The maximum absolute atomic E-state index is 11.0. The van der Waals surface area contributed by atoms with Crippen molar-refractivity contribution in [2.24, 2.45) is 11.7 Å². The highest BCUT2D eigenvalue weighted by Crippen LogP contribution is 2.17. The molecule has 1 aromatic rings. The van der Waals surface area contributed by atoms with Crippen molar-refractivity contribution in [3.8, 4) is 0 Å². The summed E-state index contributed by atoms with van der Waals surface area (Å²) in [6, 6.07) is 5.08. The van der Waals surface area contributed by atoms with Crippen molar-refractivity contribution in [1.82, 2.24) is 5.32 Å². The summed E-state index contributed by atoms with van der Waals surface area (Å²) in [6.45, 7) is 7.09. The van der Waals surface area contributed by atoms with Crippen LogP contribution in [0.25, 0.3) is 0 Å². The number of carbonyl (C=O) groups is 1. The van der Waals surface area contributed by atoms with Crippen LogP contribution in [0.2, 0.25) is 5.02 Å². The summed E-state index contributed by atoms with van der Waals surface area (Å²) in [5.74, 6) is 0.0827. The lowest BCUT2D eigenvalue weighted by Crippen LogP contribution is -2.20. The molecule has 0 spiro atoms. The van der Waals surface area contributed by atoms with Crippen LogP contribution in [0.15, 0.2) is 18.2 Å². The highest BCUT2D eigenvalue weighted by molar-refractivity contribution is 6.31. The van der Waals surface area contributed by atoms with Crippen molar-refractivity contribution in [2.45, 2.75) is 20.4 Å². The largest absolute Gasteiger partial charge is 0.380 e. The summed E-state index contributed by atoms with van der Waals surface area (Å²) in [4.78, 5) is 11.0. The Kier molecular flexibility index (Phi) is 6.84. The van der Waals surface area contributed by atoms with Gasteiger partial charge in [-0.05, 0) is 23.6 Å². The molecule has 3 N–H and O–H groups in total. The van der Waals surface area contributed by atoms with Crippen molar-refractivity contribution in [1.29, 1.82) is 0 Å². The second-order valence-corrected chi connectivity index (χ2v) is 5.22. The third-order valence-electron chi connectivity index (χ3n) is 2.53. The highest BCUT2D eigenvalue weighted by atomic mass is 35.5. The number of hydrogen-bond acceptors (Lipinski definition) is 3. The zero-order valence-electron chi connectivity index (χ0n) is 11.4. The molecule has 1 amide bonds. The van der Waals surface area contributed by atoms with E-state index in [1.807, 2.05) is 6.07 Å². The summed E-state index contributed by atoms with van der Waals surface area (Å²) >= 11 is 6.08. The van der Waals surface area contributed by atoms with E-state index in [4.69, 9.17) is 22.1 Å². The van der Waals surface area contributed by atoms with E-state index in [0.717, 1.165) is 18.7 Å². The molecule has 19 heavy (non-hydrogen) atoms. The number of benzene rings is 1. The number of carbonyl (C=O) groups excluding carboxylic acids is 1. The first-order chi connectivity index (χ1) is 9.00. The van der Waals surface area contributed by atoms with Crippen LogP contribution in [-0.2, 0) is 11.3 Å². The second-order valence-electron chi connectivity index (χ2n) is 4.82. The molecule has 0 unspecified atom stereocenters. The molecule has 0 aromatic heterocycles. The van der Waals surface area contributed by atoms with Crippen LogP contribution in [0.3, 0.4) is 0 Å². The van der Waals surface area contributed by atoms with Gasteiger partial charge in [-0.2, -0.15) is 0 Å². The molecule has 0 aliphatic rings. The van der Waals surface area contributed by atoms with Crippen molar-refractivity contribution in [2.75, 3.05) is 19.8 Å². The number of halogens is 1. The molecule has 0 atom stereocenters. The minimum atomic E-state index is -0.469. The minimum Gasteiger partial charge on any atom is -0.380 e. The minimum absolute atomic E-state index is 0.425. The van der Waals surface area contributed by atoms with Crippen LogP contribution in [0.4, 0.5) is 0 Å². The van der Waals surface area contributed by atoms with Crippen LogP contribution in [0, 0.1) is 5.92 Å². The van der Waals surface area contributed by atoms with Crippen LogP contribution in [-0.4, -0.2) is 25.7 Å². The van der Waals surface area contributed by atoms with E-state index >= 15 is 0 Å². The van der Waals surface area contributed by atoms with Gasteiger partial charge in [-0.1, -0.05) is 31.5 Å². The predicted molar refractivity (Wildman–Crippen MR) is 77.3 cm³/mol. The van der Waals surface area contributed by atoms with Gasteiger partial charge in [-0.3, -0.25) is 4.79 Å². The van der Waals surface area contributed by atoms with E-state index in [1.165, 1.54) is 0 Å². The number of hydrogen-bond donors (Lipinski definition) is 2. The number of amides is 1. The van der Waals surface area contributed by atoms with E-state index in [1.54, 1.807) is 12.1 Å². The molecule has 0 saturated carbocycles. The fraction of sp³-hybridized carbons (Fsp3) is 0.500. The molecule has 0 bridgehead atoms. The van der Waals surface area contributed by atoms with E-state index in [2.05, 4.69) is 19.2 Å². The first-order valence-corrected chi connectivity index (χ1v) is 6.75. The maximum Gasteiger partial charge on any atom is 0.248 e. The number of primary amides is 1. The Bertz CT molecular complexity index is 422. The Morgan fingerprint density at radius 1 is 1.47 bits per heavy atom. The third kappa shape index (κ3) is 6.05. The highest BCUT2D eigenvalue weighted by Gasteiger charge is 2.05. The fourth-order valence-corrected chi connectivity index (χ4v) is 1.78. The molecular weight excluding hydrogens is 264 g/mol. The molecule has 5 heteroatoms. The van der Waals surface area contributed by atoms with Gasteiger partial charge in [0.1, 0.15) is 0 Å². The van der Waals surface area contributed by atoms with E-state index in [9.17, 15) is 4.79 Å². The molecule has 1 aromatic carbocycles. The van der Waals surface area contributed by atoms with Gasteiger partial charge >= 0.3 is 0 Å². The third-order valence-corrected chi connectivity index (χ3v) is 2.88. The average molecular weight is 285 g/mol. The van der Waals surface area contributed by atoms with Gasteiger partial charge in [0.05, 0.1) is 6.61 Å². The Morgan fingerprint density at radius 2 is 2.21 bits per heavy atom. The van der Waals surface area contributed by atoms with Crippen LogP contribution in [0.5, 0.6) is 0 Å². The first kappa shape index (κ1) is 16.0. The zero-order valence-corrected chi connectivity index (χ0v) is 12.2. The molecule has 0 aliphatic carbocycles. The number of nitrogens with two attached hydrogens (primary N) is 1. The van der Waals surface area contributed by atoms with Gasteiger partial charge in [0.25, 0.3) is 0 Å². The lowest BCUT2D eigenvalue weighted by molar-refractivity contribution is 0.100. The standard InChI is InChI=1S/C14H21ClN2O2/c1-10(2)9-19-6-5-17-8-12-4-3-11(14(16)18)7-13(12)15/h3-4,7,10,17H,5-6,8-9H2,1-2H3,(H2,16,18). The Morgan fingerprint density at radius 3 is 2.79 bits per heavy atom. The van der Waals surface area contributed by atoms with E-state index in [0.29, 0.717) is 29.7 Å². The van der Waals surface area contributed by atoms with Crippen molar-refractivity contribution < 1.29 is 9.53 Å². The summed E-state index contributed by atoms with van der Waals surface area (Å²) in [5.41, 5.74) is 6.55. The molecular formula is C14H21ClN2O2. The molecule has 0 heterocycles.